The third-order valence-electron chi connectivity index (χ3n) is 5.19. The highest BCUT2D eigenvalue weighted by molar-refractivity contribution is 6.77. The summed E-state index contributed by atoms with van der Waals surface area (Å²) in [5, 5.41) is 0. The number of rotatable bonds is 10. The average Bonchev–Trinajstić information content (AvgIpc) is 2.60. The Morgan fingerprint density at radius 2 is 1.65 bits per heavy atom. The topological polar surface area (TPSA) is 18.5 Å². The molecule has 1 rings (SSSR count). The lowest BCUT2D eigenvalue weighted by Gasteiger charge is -2.42. The quantitative estimate of drug-likeness (QED) is 0.243. The van der Waals surface area contributed by atoms with Gasteiger partial charge in [0.15, 0.2) is 0 Å². The summed E-state index contributed by atoms with van der Waals surface area (Å²) in [6, 6.07) is 8.25. The van der Waals surface area contributed by atoms with Gasteiger partial charge in [-0.15, -0.1) is 0 Å². The van der Waals surface area contributed by atoms with Crippen molar-refractivity contribution in [2.45, 2.75) is 77.9 Å². The van der Waals surface area contributed by atoms with Crippen molar-refractivity contribution in [2.24, 2.45) is 0 Å². The fraction of sp³-hybridized carbons (Fsp3) is 0.565. The number of hydrogen-bond donors (Lipinski definition) is 0. The molecule has 0 aliphatic heterocycles. The highest BCUT2D eigenvalue weighted by atomic mass is 28.4. The van der Waals surface area contributed by atoms with Gasteiger partial charge in [-0.2, -0.15) is 0 Å². The van der Waals surface area contributed by atoms with E-state index in [1.54, 1.807) is 7.11 Å². The molecule has 2 nitrogen and oxygen atoms in total. The number of benzene rings is 1. The van der Waals surface area contributed by atoms with Gasteiger partial charge in [0.05, 0.1) is 12.9 Å². The number of ether oxygens (including phenoxy) is 1. The predicted molar refractivity (Wildman–Crippen MR) is 116 cm³/mol. The summed E-state index contributed by atoms with van der Waals surface area (Å²) in [5.41, 5.74) is 2.94. The van der Waals surface area contributed by atoms with Crippen molar-refractivity contribution in [2.75, 3.05) is 7.11 Å². The van der Waals surface area contributed by atoms with E-state index in [0.717, 1.165) is 24.4 Å². The van der Waals surface area contributed by atoms with E-state index in [1.807, 2.05) is 12.1 Å². The van der Waals surface area contributed by atoms with Crippen LogP contribution in [0.5, 0.6) is 5.75 Å². The van der Waals surface area contributed by atoms with Crippen molar-refractivity contribution in [1.29, 1.82) is 0 Å². The maximum atomic E-state index is 6.88. The molecular weight excluding hydrogens is 336 g/mol. The molecule has 146 valence electrons. The van der Waals surface area contributed by atoms with Crippen LogP contribution in [-0.2, 0) is 10.8 Å². The van der Waals surface area contributed by atoms with Gasteiger partial charge in [-0.3, -0.25) is 0 Å². The van der Waals surface area contributed by atoms with E-state index in [1.165, 1.54) is 5.56 Å². The molecule has 26 heavy (non-hydrogen) atoms. The summed E-state index contributed by atoms with van der Waals surface area (Å²) >= 11 is 0. The first-order valence-corrected chi connectivity index (χ1v) is 12.1. The molecule has 0 saturated heterocycles. The van der Waals surface area contributed by atoms with Gasteiger partial charge in [0.25, 0.3) is 8.32 Å². The Balaban J connectivity index is 3.16. The molecule has 0 aliphatic rings. The number of allylic oxidation sites excluding steroid dienone is 3. The second-order valence-electron chi connectivity index (χ2n) is 7.89. The van der Waals surface area contributed by atoms with E-state index in [0.29, 0.717) is 16.6 Å². The minimum atomic E-state index is -1.94. The summed E-state index contributed by atoms with van der Waals surface area (Å²) < 4.78 is 12.2. The summed E-state index contributed by atoms with van der Waals surface area (Å²) in [5.74, 6) is 1.93. The van der Waals surface area contributed by atoms with Gasteiger partial charge in [0.1, 0.15) is 5.75 Å². The van der Waals surface area contributed by atoms with Crippen LogP contribution in [0.25, 0.3) is 0 Å². The first-order valence-electron chi connectivity index (χ1n) is 9.96. The molecule has 0 N–H and O–H groups in total. The highest BCUT2D eigenvalue weighted by Gasteiger charge is 2.47. The van der Waals surface area contributed by atoms with E-state index in [9.17, 15) is 0 Å². The molecule has 3 heteroatoms. The summed E-state index contributed by atoms with van der Waals surface area (Å²) in [4.78, 5) is 0. The lowest BCUT2D eigenvalue weighted by atomic mass is 10.1. The Morgan fingerprint density at radius 1 is 1.04 bits per heavy atom. The third-order valence-corrected chi connectivity index (χ3v) is 11.2. The second-order valence-corrected chi connectivity index (χ2v) is 13.3. The van der Waals surface area contributed by atoms with Crippen LogP contribution in [0.1, 0.15) is 60.5 Å². The third kappa shape index (κ3) is 5.77. The van der Waals surface area contributed by atoms with Gasteiger partial charge in [0.2, 0.25) is 0 Å². The van der Waals surface area contributed by atoms with Crippen LogP contribution in [0.4, 0.5) is 0 Å². The van der Waals surface area contributed by atoms with Gasteiger partial charge in [-0.1, -0.05) is 66.7 Å². The van der Waals surface area contributed by atoms with E-state index >= 15 is 0 Å². The fourth-order valence-electron chi connectivity index (χ4n) is 3.95. The first-order chi connectivity index (χ1) is 12.3. The maximum Gasteiger partial charge on any atom is 0.258 e. The van der Waals surface area contributed by atoms with Gasteiger partial charge in [0, 0.05) is 0 Å². The Kier molecular flexibility index (Phi) is 9.21. The zero-order chi connectivity index (χ0) is 19.7. The molecule has 0 radical (unpaired) electrons. The van der Waals surface area contributed by atoms with Crippen LogP contribution >= 0.6 is 0 Å². The van der Waals surface area contributed by atoms with Crippen LogP contribution < -0.4 is 4.74 Å². The normalized spacial score (nSPS) is 13.3. The van der Waals surface area contributed by atoms with Gasteiger partial charge in [-0.05, 0) is 59.3 Å². The molecular formula is C23H38O2Si. The summed E-state index contributed by atoms with van der Waals surface area (Å²) in [6.07, 6.45) is 8.45. The van der Waals surface area contributed by atoms with Crippen molar-refractivity contribution in [3.05, 3.63) is 53.8 Å². The smallest absolute Gasteiger partial charge is 0.258 e. The fourth-order valence-corrected chi connectivity index (χ4v) is 9.22. The molecule has 0 saturated carbocycles. The molecule has 0 amide bonds. The van der Waals surface area contributed by atoms with Crippen LogP contribution in [0, 0.1) is 0 Å². The minimum Gasteiger partial charge on any atom is -0.543 e. The van der Waals surface area contributed by atoms with Crippen LogP contribution in [0.3, 0.4) is 0 Å². The molecule has 0 bridgehead atoms. The standard InChI is InChI=1S/C23H38O2Si/c1-9-10-13-22(16-15-21-12-11-14-23(17-21)24-8)25-26(18(2)3,19(4)5)20(6)7/h10-14,16-20H,9,15H2,1-8H3/b13-10+,22-16-. The molecule has 0 aliphatic carbocycles. The van der Waals surface area contributed by atoms with Crippen LogP contribution in [0.15, 0.2) is 48.3 Å². The van der Waals surface area contributed by atoms with Crippen LogP contribution in [0.2, 0.25) is 16.6 Å². The number of methoxy groups -OCH3 is 1. The SMILES string of the molecule is CC/C=C/C(=C/Cc1cccc(OC)c1)O[Si](C(C)C)(C(C)C)C(C)C. The van der Waals surface area contributed by atoms with Gasteiger partial charge < -0.3 is 9.16 Å². The molecule has 0 spiro atoms. The first kappa shape index (κ1) is 22.6. The number of hydrogen-bond acceptors (Lipinski definition) is 2. The van der Waals surface area contributed by atoms with Crippen LogP contribution in [-0.4, -0.2) is 15.4 Å². The van der Waals surface area contributed by atoms with E-state index in [-0.39, 0.29) is 0 Å². The van der Waals surface area contributed by atoms with Crippen molar-refractivity contribution in [3.63, 3.8) is 0 Å². The van der Waals surface area contributed by atoms with Crippen molar-refractivity contribution in [3.8, 4) is 5.75 Å². The predicted octanol–water partition coefficient (Wildman–Crippen LogP) is 7.28. The Labute approximate surface area is 162 Å². The van der Waals surface area contributed by atoms with Gasteiger partial charge in [-0.25, -0.2) is 0 Å². The molecule has 0 heterocycles. The molecule has 0 aromatic heterocycles. The van der Waals surface area contributed by atoms with Crippen molar-refractivity contribution >= 4 is 8.32 Å². The molecule has 0 atom stereocenters. The average molecular weight is 375 g/mol. The Hall–Kier alpha value is -1.48. The molecule has 1 aromatic carbocycles. The molecule has 1 aromatic rings. The monoisotopic (exact) mass is 374 g/mol. The zero-order valence-electron chi connectivity index (χ0n) is 18.0. The lowest BCUT2D eigenvalue weighted by Crippen LogP contribution is -2.47. The Morgan fingerprint density at radius 3 is 2.15 bits per heavy atom. The lowest BCUT2D eigenvalue weighted by molar-refractivity contribution is 0.385. The van der Waals surface area contributed by atoms with Gasteiger partial charge >= 0.3 is 0 Å². The zero-order valence-corrected chi connectivity index (χ0v) is 19.0. The molecule has 0 fully saturated rings. The minimum absolute atomic E-state index is 0.567. The van der Waals surface area contributed by atoms with E-state index in [2.05, 4.69) is 78.8 Å². The van der Waals surface area contributed by atoms with Crippen molar-refractivity contribution < 1.29 is 9.16 Å². The Bertz CT molecular complexity index is 578. The second kappa shape index (κ2) is 10.6. The highest BCUT2D eigenvalue weighted by Crippen LogP contribution is 2.43. The maximum absolute atomic E-state index is 6.88. The van der Waals surface area contributed by atoms with Crippen molar-refractivity contribution in [1.82, 2.24) is 0 Å². The van der Waals surface area contributed by atoms with E-state index < -0.39 is 8.32 Å². The summed E-state index contributed by atoms with van der Waals surface area (Å²) in [6.45, 7) is 16.1. The van der Waals surface area contributed by atoms with E-state index in [4.69, 9.17) is 9.16 Å². The largest absolute Gasteiger partial charge is 0.543 e. The summed E-state index contributed by atoms with van der Waals surface area (Å²) in [7, 11) is -0.231. The molecule has 0 unspecified atom stereocenters.